The molecular weight excluding hydrogens is 490 g/mol. The molecule has 3 heterocycles. The number of rotatable bonds is 8. The number of fused-ring (bicyclic) bond motifs is 1. The first-order valence-electron chi connectivity index (χ1n) is 11.4. The van der Waals surface area contributed by atoms with Gasteiger partial charge in [0.1, 0.15) is 17.8 Å². The van der Waals surface area contributed by atoms with Crippen LogP contribution in [-0.2, 0) is 6.54 Å². The third-order valence-electron chi connectivity index (χ3n) is 5.98. The van der Waals surface area contributed by atoms with Crippen LogP contribution in [0.5, 0.6) is 5.88 Å². The van der Waals surface area contributed by atoms with Gasteiger partial charge in [-0.25, -0.2) is 18.7 Å². The number of imidazole rings is 1. The Morgan fingerprint density at radius 2 is 2.03 bits per heavy atom. The fourth-order valence-electron chi connectivity index (χ4n) is 3.81. The van der Waals surface area contributed by atoms with Gasteiger partial charge in [-0.2, -0.15) is 4.98 Å². The van der Waals surface area contributed by atoms with Gasteiger partial charge in [0.25, 0.3) is 12.3 Å². The SMILES string of the molecule is Cc1ccnc(Cn2c(-c3ccc(C(=O)NCC(F)F)cc3Cl)nc3c(OC4(C)CC4)ncnc32)c1. The summed E-state index contributed by atoms with van der Waals surface area (Å²) in [4.78, 5) is 30.3. The van der Waals surface area contributed by atoms with Crippen LogP contribution in [0.3, 0.4) is 0 Å². The van der Waals surface area contributed by atoms with Gasteiger partial charge in [-0.3, -0.25) is 9.78 Å². The first-order valence-corrected chi connectivity index (χ1v) is 11.8. The van der Waals surface area contributed by atoms with Crippen molar-refractivity contribution in [2.24, 2.45) is 0 Å². The number of nitrogens with zero attached hydrogens (tertiary/aromatic N) is 5. The Morgan fingerprint density at radius 1 is 1.22 bits per heavy atom. The average molecular weight is 513 g/mol. The van der Waals surface area contributed by atoms with Crippen molar-refractivity contribution in [2.75, 3.05) is 6.54 Å². The van der Waals surface area contributed by atoms with E-state index in [9.17, 15) is 13.6 Å². The van der Waals surface area contributed by atoms with Gasteiger partial charge in [0, 0.05) is 17.3 Å². The van der Waals surface area contributed by atoms with E-state index in [-0.39, 0.29) is 16.2 Å². The summed E-state index contributed by atoms with van der Waals surface area (Å²) >= 11 is 6.59. The Morgan fingerprint density at radius 3 is 2.72 bits per heavy atom. The van der Waals surface area contributed by atoms with E-state index in [1.165, 1.54) is 18.5 Å². The van der Waals surface area contributed by atoms with Crippen LogP contribution < -0.4 is 10.1 Å². The summed E-state index contributed by atoms with van der Waals surface area (Å²) in [6.45, 7) is 3.62. The number of amides is 1. The number of aromatic nitrogens is 5. The molecule has 0 saturated heterocycles. The Hall–Kier alpha value is -3.66. The smallest absolute Gasteiger partial charge is 0.255 e. The zero-order chi connectivity index (χ0) is 25.4. The van der Waals surface area contributed by atoms with Crippen molar-refractivity contribution < 1.29 is 18.3 Å². The zero-order valence-electron chi connectivity index (χ0n) is 19.6. The van der Waals surface area contributed by atoms with E-state index < -0.39 is 18.9 Å². The van der Waals surface area contributed by atoms with E-state index in [1.54, 1.807) is 12.3 Å². The van der Waals surface area contributed by atoms with Gasteiger partial charge in [-0.15, -0.1) is 0 Å². The molecule has 36 heavy (non-hydrogen) atoms. The highest BCUT2D eigenvalue weighted by Crippen LogP contribution is 2.41. The van der Waals surface area contributed by atoms with Crippen LogP contribution in [0.15, 0.2) is 42.9 Å². The molecule has 3 aromatic heterocycles. The lowest BCUT2D eigenvalue weighted by molar-refractivity contribution is 0.0891. The quantitative estimate of drug-likeness (QED) is 0.363. The van der Waals surface area contributed by atoms with E-state index in [4.69, 9.17) is 21.3 Å². The van der Waals surface area contributed by atoms with Gasteiger partial charge in [0.15, 0.2) is 11.2 Å². The predicted octanol–water partition coefficient (Wildman–Crippen LogP) is 4.82. The van der Waals surface area contributed by atoms with E-state index in [2.05, 4.69) is 20.3 Å². The van der Waals surface area contributed by atoms with Gasteiger partial charge in [-0.05, 0) is 62.6 Å². The molecule has 8 nitrogen and oxygen atoms in total. The van der Waals surface area contributed by atoms with Crippen molar-refractivity contribution in [3.05, 3.63) is 64.7 Å². The third kappa shape index (κ3) is 4.99. The molecule has 1 aliphatic carbocycles. The van der Waals surface area contributed by atoms with Crippen LogP contribution >= 0.6 is 11.6 Å². The highest BCUT2D eigenvalue weighted by molar-refractivity contribution is 6.33. The number of pyridine rings is 1. The molecule has 1 amide bonds. The van der Waals surface area contributed by atoms with E-state index in [0.717, 1.165) is 24.1 Å². The molecule has 0 unspecified atom stereocenters. The van der Waals surface area contributed by atoms with Gasteiger partial charge >= 0.3 is 0 Å². The summed E-state index contributed by atoms with van der Waals surface area (Å²) in [5.74, 6) is 0.237. The number of benzene rings is 1. The van der Waals surface area contributed by atoms with Gasteiger partial charge in [0.05, 0.1) is 23.8 Å². The standard InChI is InChI=1S/C25H23ClF2N6O2/c1-14-5-8-29-16(9-14)12-34-21(17-4-3-15(10-18(17)26)23(35)30-11-19(27)28)33-20-22(34)31-13-32-24(20)36-25(2)6-7-25/h3-5,8-10,13,19H,6-7,11-12H2,1-2H3,(H,30,35). The maximum atomic E-state index is 12.5. The molecule has 1 aliphatic rings. The summed E-state index contributed by atoms with van der Waals surface area (Å²) in [7, 11) is 0. The van der Waals surface area contributed by atoms with Crippen molar-refractivity contribution in [3.8, 4) is 17.3 Å². The summed E-state index contributed by atoms with van der Waals surface area (Å²) in [6.07, 6.45) is 2.39. The molecule has 11 heteroatoms. The molecule has 186 valence electrons. The second-order valence-corrected chi connectivity index (χ2v) is 9.45. The van der Waals surface area contributed by atoms with Crippen LogP contribution in [0, 0.1) is 6.92 Å². The lowest BCUT2D eigenvalue weighted by atomic mass is 10.1. The maximum absolute atomic E-state index is 12.5. The molecule has 0 aliphatic heterocycles. The van der Waals surface area contributed by atoms with Crippen LogP contribution in [0.1, 0.15) is 41.4 Å². The molecule has 0 atom stereocenters. The maximum Gasteiger partial charge on any atom is 0.255 e. The fraction of sp³-hybridized carbons (Fsp3) is 0.320. The van der Waals surface area contributed by atoms with Crippen molar-refractivity contribution in [1.29, 1.82) is 0 Å². The molecule has 0 radical (unpaired) electrons. The number of nitrogens with one attached hydrogen (secondary N) is 1. The molecular formula is C25H23ClF2N6O2. The lowest BCUT2D eigenvalue weighted by Gasteiger charge is -2.12. The predicted molar refractivity (Wildman–Crippen MR) is 130 cm³/mol. The number of ether oxygens (including phenoxy) is 1. The summed E-state index contributed by atoms with van der Waals surface area (Å²) in [5, 5.41) is 2.41. The number of aryl methyl sites for hydroxylation is 1. The molecule has 1 fully saturated rings. The lowest BCUT2D eigenvalue weighted by Crippen LogP contribution is -2.28. The Labute approximate surface area is 210 Å². The van der Waals surface area contributed by atoms with Crippen LogP contribution in [-0.4, -0.2) is 49.0 Å². The van der Waals surface area contributed by atoms with Crippen molar-refractivity contribution in [3.63, 3.8) is 0 Å². The van der Waals surface area contributed by atoms with Gasteiger partial charge in [-0.1, -0.05) is 11.6 Å². The summed E-state index contributed by atoms with van der Waals surface area (Å²) in [6, 6.07) is 8.47. The summed E-state index contributed by atoms with van der Waals surface area (Å²) < 4.78 is 33.0. The molecule has 5 rings (SSSR count). The third-order valence-corrected chi connectivity index (χ3v) is 6.29. The van der Waals surface area contributed by atoms with E-state index in [0.29, 0.717) is 35.0 Å². The highest BCUT2D eigenvalue weighted by atomic mass is 35.5. The first-order chi connectivity index (χ1) is 17.2. The number of carbonyl (C=O) groups is 1. The van der Waals surface area contributed by atoms with Gasteiger partial charge in [0.2, 0.25) is 5.88 Å². The first kappa shape index (κ1) is 24.1. The largest absolute Gasteiger partial charge is 0.470 e. The minimum absolute atomic E-state index is 0.165. The Balaban J connectivity index is 1.59. The topological polar surface area (TPSA) is 94.8 Å². The molecule has 1 saturated carbocycles. The molecule has 4 aromatic rings. The Kier molecular flexibility index (Phi) is 6.29. The zero-order valence-corrected chi connectivity index (χ0v) is 20.4. The van der Waals surface area contributed by atoms with Gasteiger partial charge < -0.3 is 14.6 Å². The monoisotopic (exact) mass is 512 g/mol. The van der Waals surface area contributed by atoms with Crippen LogP contribution in [0.4, 0.5) is 8.78 Å². The van der Waals surface area contributed by atoms with Crippen LogP contribution in [0.25, 0.3) is 22.6 Å². The van der Waals surface area contributed by atoms with Crippen molar-refractivity contribution in [1.82, 2.24) is 29.8 Å². The second kappa shape index (κ2) is 9.42. The van der Waals surface area contributed by atoms with E-state index >= 15 is 0 Å². The highest BCUT2D eigenvalue weighted by Gasteiger charge is 2.41. The molecule has 0 bridgehead atoms. The number of carbonyl (C=O) groups excluding carboxylic acids is 1. The minimum Gasteiger partial charge on any atom is -0.470 e. The fourth-order valence-corrected chi connectivity index (χ4v) is 4.08. The average Bonchev–Trinajstić information content (AvgIpc) is 3.45. The van der Waals surface area contributed by atoms with Crippen molar-refractivity contribution in [2.45, 2.75) is 45.3 Å². The number of hydrogen-bond acceptors (Lipinski definition) is 6. The number of hydrogen-bond donors (Lipinski definition) is 1. The van der Waals surface area contributed by atoms with Crippen molar-refractivity contribution >= 4 is 28.7 Å². The summed E-state index contributed by atoms with van der Waals surface area (Å²) in [5.41, 5.74) is 3.33. The molecule has 1 N–H and O–H groups in total. The number of alkyl halides is 2. The van der Waals surface area contributed by atoms with Crippen LogP contribution in [0.2, 0.25) is 5.02 Å². The minimum atomic E-state index is -2.64. The normalized spacial score (nSPS) is 14.3. The Bertz CT molecular complexity index is 1450. The van der Waals surface area contributed by atoms with E-state index in [1.807, 2.05) is 30.5 Å². The second-order valence-electron chi connectivity index (χ2n) is 9.04. The molecule has 0 spiro atoms. The number of halogens is 3. The molecule has 1 aromatic carbocycles.